The first-order valence-electron chi connectivity index (χ1n) is 9.04. The van der Waals surface area contributed by atoms with Gasteiger partial charge in [0.15, 0.2) is 5.65 Å². The Kier molecular flexibility index (Phi) is 5.02. The highest BCUT2D eigenvalue weighted by atomic mass is 35.5. The molecule has 2 heterocycles. The molecular weight excluding hydrogens is 408 g/mol. The molecule has 2 aromatic heterocycles. The molecule has 0 aliphatic carbocycles. The molecule has 148 valence electrons. The number of halogens is 1. The molecular formula is C21H19ClN4O2S. The van der Waals surface area contributed by atoms with Gasteiger partial charge in [-0.3, -0.25) is 0 Å². The summed E-state index contributed by atoms with van der Waals surface area (Å²) in [5.74, 6) is 0.481. The zero-order valence-electron chi connectivity index (χ0n) is 15.9. The largest absolute Gasteiger partial charge is 0.363 e. The van der Waals surface area contributed by atoms with Gasteiger partial charge < -0.3 is 5.32 Å². The summed E-state index contributed by atoms with van der Waals surface area (Å²) >= 11 is 6.13. The van der Waals surface area contributed by atoms with E-state index in [-0.39, 0.29) is 21.9 Å². The molecule has 0 radical (unpaired) electrons. The molecule has 8 heteroatoms. The van der Waals surface area contributed by atoms with Crippen molar-refractivity contribution in [3.05, 3.63) is 83.3 Å². The number of rotatable bonds is 5. The predicted octanol–water partition coefficient (Wildman–Crippen LogP) is 4.80. The van der Waals surface area contributed by atoms with E-state index in [1.807, 2.05) is 44.2 Å². The summed E-state index contributed by atoms with van der Waals surface area (Å²) in [5.41, 5.74) is 2.28. The van der Waals surface area contributed by atoms with E-state index in [4.69, 9.17) is 11.6 Å². The van der Waals surface area contributed by atoms with Crippen LogP contribution < -0.4 is 5.32 Å². The maximum atomic E-state index is 13.1. The van der Waals surface area contributed by atoms with Crippen LogP contribution in [0.25, 0.3) is 11.0 Å². The maximum absolute atomic E-state index is 13.1. The Balaban J connectivity index is 1.78. The lowest BCUT2D eigenvalue weighted by Crippen LogP contribution is -2.13. The van der Waals surface area contributed by atoms with Crippen LogP contribution in [0.2, 0.25) is 5.28 Å². The average molecular weight is 427 g/mol. The van der Waals surface area contributed by atoms with Crippen LogP contribution in [-0.4, -0.2) is 22.4 Å². The minimum Gasteiger partial charge on any atom is -0.363 e. The molecule has 0 aliphatic rings. The van der Waals surface area contributed by atoms with Crippen LogP contribution >= 0.6 is 11.6 Å². The first kappa shape index (κ1) is 19.4. The Bertz CT molecular complexity index is 1270. The lowest BCUT2D eigenvalue weighted by atomic mass is 10.1. The molecule has 4 aromatic rings. The fraction of sp³-hybridized carbons (Fsp3) is 0.143. The lowest BCUT2D eigenvalue weighted by molar-refractivity contribution is 0.588. The van der Waals surface area contributed by atoms with Crippen LogP contribution in [0.4, 0.5) is 5.82 Å². The molecule has 0 fully saturated rings. The summed E-state index contributed by atoms with van der Waals surface area (Å²) in [6, 6.07) is 18.2. The van der Waals surface area contributed by atoms with E-state index in [2.05, 4.69) is 15.3 Å². The Morgan fingerprint density at radius 3 is 2.38 bits per heavy atom. The fourth-order valence-electron chi connectivity index (χ4n) is 3.12. The standard InChI is InChI=1S/C21H19ClN4O2S/c1-14-8-10-17(11-9-14)29(27,28)26-13-12-18-19(24-21(22)25-20(18)26)23-15(2)16-6-4-3-5-7-16/h3-13,15H,1-2H3,(H,23,24,25)/t15-/m0/s1. The van der Waals surface area contributed by atoms with E-state index < -0.39 is 10.0 Å². The summed E-state index contributed by atoms with van der Waals surface area (Å²) < 4.78 is 27.4. The van der Waals surface area contributed by atoms with Crippen LogP contribution in [-0.2, 0) is 10.0 Å². The van der Waals surface area contributed by atoms with Crippen molar-refractivity contribution in [2.45, 2.75) is 24.8 Å². The van der Waals surface area contributed by atoms with Gasteiger partial charge in [0.05, 0.1) is 10.3 Å². The van der Waals surface area contributed by atoms with Crippen LogP contribution in [0.15, 0.2) is 71.8 Å². The number of aryl methyl sites for hydroxylation is 1. The van der Waals surface area contributed by atoms with E-state index >= 15 is 0 Å². The molecule has 1 N–H and O–H groups in total. The number of fused-ring (bicyclic) bond motifs is 1. The second kappa shape index (κ2) is 7.50. The third-order valence-electron chi connectivity index (χ3n) is 4.71. The monoisotopic (exact) mass is 426 g/mol. The van der Waals surface area contributed by atoms with Crippen molar-refractivity contribution in [3.63, 3.8) is 0 Å². The van der Waals surface area contributed by atoms with Gasteiger partial charge in [-0.15, -0.1) is 0 Å². The number of nitrogens with one attached hydrogen (secondary N) is 1. The molecule has 0 unspecified atom stereocenters. The van der Waals surface area contributed by atoms with Gasteiger partial charge in [-0.25, -0.2) is 17.4 Å². The van der Waals surface area contributed by atoms with Crippen LogP contribution in [0.3, 0.4) is 0 Å². The highest BCUT2D eigenvalue weighted by Gasteiger charge is 2.22. The Labute approximate surface area is 174 Å². The third-order valence-corrected chi connectivity index (χ3v) is 6.56. The summed E-state index contributed by atoms with van der Waals surface area (Å²) in [6.07, 6.45) is 1.48. The summed E-state index contributed by atoms with van der Waals surface area (Å²) in [4.78, 5) is 8.65. The van der Waals surface area contributed by atoms with Gasteiger partial charge in [0.25, 0.3) is 10.0 Å². The molecule has 0 spiro atoms. The van der Waals surface area contributed by atoms with E-state index in [1.54, 1.807) is 30.3 Å². The van der Waals surface area contributed by atoms with Crippen molar-refractivity contribution in [2.24, 2.45) is 0 Å². The van der Waals surface area contributed by atoms with Gasteiger partial charge in [-0.05, 0) is 49.2 Å². The second-order valence-electron chi connectivity index (χ2n) is 6.78. The van der Waals surface area contributed by atoms with Gasteiger partial charge in [0, 0.05) is 12.2 Å². The topological polar surface area (TPSA) is 76.9 Å². The van der Waals surface area contributed by atoms with Crippen molar-refractivity contribution in [3.8, 4) is 0 Å². The van der Waals surface area contributed by atoms with E-state index in [0.717, 1.165) is 15.1 Å². The zero-order valence-corrected chi connectivity index (χ0v) is 17.4. The van der Waals surface area contributed by atoms with Gasteiger partial charge in [-0.1, -0.05) is 48.0 Å². The summed E-state index contributed by atoms with van der Waals surface area (Å²) in [5, 5.41) is 3.86. The molecule has 2 aromatic carbocycles. The van der Waals surface area contributed by atoms with E-state index in [0.29, 0.717) is 11.2 Å². The maximum Gasteiger partial charge on any atom is 0.269 e. The second-order valence-corrected chi connectivity index (χ2v) is 8.94. The smallest absolute Gasteiger partial charge is 0.269 e. The molecule has 1 atom stereocenters. The first-order chi connectivity index (χ1) is 13.9. The molecule has 0 amide bonds. The molecule has 0 aliphatic heterocycles. The average Bonchev–Trinajstić information content (AvgIpc) is 3.13. The number of nitrogens with zero attached hydrogens (tertiary/aromatic N) is 3. The van der Waals surface area contributed by atoms with Gasteiger partial charge in [-0.2, -0.15) is 4.98 Å². The Hall–Kier alpha value is -2.90. The number of aromatic nitrogens is 3. The first-order valence-corrected chi connectivity index (χ1v) is 10.9. The van der Waals surface area contributed by atoms with E-state index in [9.17, 15) is 8.42 Å². The number of hydrogen-bond donors (Lipinski definition) is 1. The van der Waals surface area contributed by atoms with Crippen LogP contribution in [0, 0.1) is 6.92 Å². The number of anilines is 1. The fourth-order valence-corrected chi connectivity index (χ4v) is 4.58. The predicted molar refractivity (Wildman–Crippen MR) is 115 cm³/mol. The quantitative estimate of drug-likeness (QED) is 0.463. The van der Waals surface area contributed by atoms with Gasteiger partial charge in [0.2, 0.25) is 5.28 Å². The van der Waals surface area contributed by atoms with Gasteiger partial charge >= 0.3 is 0 Å². The summed E-state index contributed by atoms with van der Waals surface area (Å²) in [7, 11) is -3.81. The molecule has 0 saturated heterocycles. The lowest BCUT2D eigenvalue weighted by Gasteiger charge is -2.16. The molecule has 0 saturated carbocycles. The van der Waals surface area contributed by atoms with E-state index in [1.165, 1.54) is 6.20 Å². The molecule has 29 heavy (non-hydrogen) atoms. The number of hydrogen-bond acceptors (Lipinski definition) is 5. The summed E-state index contributed by atoms with van der Waals surface area (Å²) in [6.45, 7) is 3.90. The SMILES string of the molecule is Cc1ccc(S(=O)(=O)n2ccc3c(N[C@@H](C)c4ccccc4)nc(Cl)nc32)cc1. The van der Waals surface area contributed by atoms with Crippen molar-refractivity contribution in [1.82, 2.24) is 13.9 Å². The van der Waals surface area contributed by atoms with Crippen LogP contribution in [0.1, 0.15) is 24.1 Å². The van der Waals surface area contributed by atoms with Crippen molar-refractivity contribution >= 4 is 38.5 Å². The zero-order chi connectivity index (χ0) is 20.6. The molecule has 4 rings (SSSR count). The van der Waals surface area contributed by atoms with Crippen molar-refractivity contribution < 1.29 is 8.42 Å². The Morgan fingerprint density at radius 1 is 1.00 bits per heavy atom. The minimum absolute atomic E-state index is 0.0284. The third kappa shape index (κ3) is 3.71. The van der Waals surface area contributed by atoms with Gasteiger partial charge in [0.1, 0.15) is 5.82 Å². The van der Waals surface area contributed by atoms with Crippen molar-refractivity contribution in [2.75, 3.05) is 5.32 Å². The Morgan fingerprint density at radius 2 is 1.69 bits per heavy atom. The van der Waals surface area contributed by atoms with Crippen molar-refractivity contribution in [1.29, 1.82) is 0 Å². The normalized spacial score (nSPS) is 12.8. The number of benzene rings is 2. The highest BCUT2D eigenvalue weighted by Crippen LogP contribution is 2.29. The van der Waals surface area contributed by atoms with Crippen LogP contribution in [0.5, 0.6) is 0 Å². The molecule has 0 bridgehead atoms. The minimum atomic E-state index is -3.81. The highest BCUT2D eigenvalue weighted by molar-refractivity contribution is 7.90. The molecule has 6 nitrogen and oxygen atoms in total.